The lowest BCUT2D eigenvalue weighted by Gasteiger charge is -2.01. The second-order valence-electron chi connectivity index (χ2n) is 2.90. The molecule has 0 amide bonds. The molecule has 0 spiro atoms. The number of benzene rings is 1. The number of rotatable bonds is 2. The molecular formula is C9H6Br2ClN3. The first-order valence-electron chi connectivity index (χ1n) is 4.16. The highest BCUT2D eigenvalue weighted by Crippen LogP contribution is 2.19. The molecule has 0 saturated heterocycles. The molecule has 2 aromatic rings. The van der Waals surface area contributed by atoms with Gasteiger partial charge in [-0.2, -0.15) is 4.80 Å². The van der Waals surface area contributed by atoms with Crippen LogP contribution in [0.5, 0.6) is 0 Å². The van der Waals surface area contributed by atoms with Crippen LogP contribution in [-0.2, 0) is 6.54 Å². The quantitative estimate of drug-likeness (QED) is 0.829. The molecule has 0 N–H and O–H groups in total. The Labute approximate surface area is 109 Å². The SMILES string of the molecule is Clc1ccccc1Cn1nc(Br)c(Br)n1. The van der Waals surface area contributed by atoms with Gasteiger partial charge >= 0.3 is 0 Å². The zero-order valence-corrected chi connectivity index (χ0v) is 11.4. The third-order valence-electron chi connectivity index (χ3n) is 1.85. The molecule has 0 bridgehead atoms. The van der Waals surface area contributed by atoms with Gasteiger partial charge in [0.05, 0.1) is 6.54 Å². The Hall–Kier alpha value is -0.390. The van der Waals surface area contributed by atoms with Gasteiger partial charge in [0, 0.05) is 5.02 Å². The highest BCUT2D eigenvalue weighted by molar-refractivity contribution is 9.13. The second-order valence-corrected chi connectivity index (χ2v) is 4.81. The number of hydrogen-bond acceptors (Lipinski definition) is 2. The van der Waals surface area contributed by atoms with E-state index in [1.807, 2.05) is 24.3 Å². The molecule has 6 heteroatoms. The normalized spacial score (nSPS) is 10.6. The molecule has 15 heavy (non-hydrogen) atoms. The van der Waals surface area contributed by atoms with Crippen molar-refractivity contribution >= 4 is 43.5 Å². The van der Waals surface area contributed by atoms with Crippen molar-refractivity contribution in [3.05, 3.63) is 44.1 Å². The van der Waals surface area contributed by atoms with Gasteiger partial charge in [-0.3, -0.25) is 0 Å². The fourth-order valence-electron chi connectivity index (χ4n) is 1.16. The minimum atomic E-state index is 0.559. The molecule has 1 heterocycles. The number of aromatic nitrogens is 3. The van der Waals surface area contributed by atoms with Gasteiger partial charge in [-0.05, 0) is 43.5 Å². The summed E-state index contributed by atoms with van der Waals surface area (Å²) in [5, 5.41) is 9.05. The minimum Gasteiger partial charge on any atom is -0.178 e. The van der Waals surface area contributed by atoms with E-state index in [2.05, 4.69) is 42.1 Å². The second kappa shape index (κ2) is 4.63. The summed E-state index contributed by atoms with van der Waals surface area (Å²) in [6.45, 7) is 0.559. The largest absolute Gasteiger partial charge is 0.178 e. The molecule has 2 rings (SSSR count). The smallest absolute Gasteiger partial charge is 0.162 e. The van der Waals surface area contributed by atoms with E-state index in [1.165, 1.54) is 0 Å². The summed E-state index contributed by atoms with van der Waals surface area (Å²) in [5.74, 6) is 0. The highest BCUT2D eigenvalue weighted by atomic mass is 79.9. The third kappa shape index (κ3) is 2.59. The first-order chi connectivity index (χ1) is 7.16. The molecule has 1 aromatic carbocycles. The monoisotopic (exact) mass is 349 g/mol. The van der Waals surface area contributed by atoms with Gasteiger partial charge in [0.2, 0.25) is 0 Å². The molecule has 0 fully saturated rings. The Morgan fingerprint density at radius 1 is 1.13 bits per heavy atom. The molecule has 3 nitrogen and oxygen atoms in total. The Morgan fingerprint density at radius 3 is 2.33 bits per heavy atom. The molecule has 0 saturated carbocycles. The van der Waals surface area contributed by atoms with Crippen molar-refractivity contribution in [2.75, 3.05) is 0 Å². The van der Waals surface area contributed by atoms with Crippen LogP contribution in [0.3, 0.4) is 0 Å². The van der Waals surface area contributed by atoms with E-state index in [9.17, 15) is 0 Å². The van der Waals surface area contributed by atoms with Crippen molar-refractivity contribution in [2.24, 2.45) is 0 Å². The van der Waals surface area contributed by atoms with E-state index in [4.69, 9.17) is 11.6 Å². The maximum atomic E-state index is 6.03. The average Bonchev–Trinajstić information content (AvgIpc) is 2.50. The van der Waals surface area contributed by atoms with Crippen molar-refractivity contribution in [1.29, 1.82) is 0 Å². The van der Waals surface area contributed by atoms with Crippen molar-refractivity contribution in [1.82, 2.24) is 15.0 Å². The molecule has 0 aliphatic carbocycles. The first-order valence-corrected chi connectivity index (χ1v) is 6.13. The lowest BCUT2D eigenvalue weighted by Crippen LogP contribution is -2.04. The van der Waals surface area contributed by atoms with E-state index in [0.29, 0.717) is 15.8 Å². The molecule has 0 atom stereocenters. The summed E-state index contributed by atoms with van der Waals surface area (Å²) in [5.41, 5.74) is 0.995. The van der Waals surface area contributed by atoms with Crippen LogP contribution in [0.2, 0.25) is 5.02 Å². The van der Waals surface area contributed by atoms with Crippen molar-refractivity contribution < 1.29 is 0 Å². The van der Waals surface area contributed by atoms with Crippen LogP contribution in [0, 0.1) is 0 Å². The lowest BCUT2D eigenvalue weighted by atomic mass is 10.2. The van der Waals surface area contributed by atoms with E-state index >= 15 is 0 Å². The van der Waals surface area contributed by atoms with Crippen molar-refractivity contribution in [2.45, 2.75) is 6.54 Å². The Morgan fingerprint density at radius 2 is 1.73 bits per heavy atom. The Kier molecular flexibility index (Phi) is 3.43. The zero-order chi connectivity index (χ0) is 10.8. The highest BCUT2D eigenvalue weighted by Gasteiger charge is 2.06. The Balaban J connectivity index is 2.26. The molecule has 0 unspecified atom stereocenters. The van der Waals surface area contributed by atoms with Gasteiger partial charge in [0.1, 0.15) is 0 Å². The summed E-state index contributed by atoms with van der Waals surface area (Å²) >= 11 is 12.6. The topological polar surface area (TPSA) is 30.7 Å². The summed E-state index contributed by atoms with van der Waals surface area (Å²) in [6.07, 6.45) is 0. The molecule has 0 aliphatic rings. The van der Waals surface area contributed by atoms with E-state index < -0.39 is 0 Å². The first kappa shape index (κ1) is 11.1. The van der Waals surface area contributed by atoms with Crippen LogP contribution in [-0.4, -0.2) is 15.0 Å². The van der Waals surface area contributed by atoms with Crippen LogP contribution in [0.15, 0.2) is 33.5 Å². The molecule has 78 valence electrons. The minimum absolute atomic E-state index is 0.559. The lowest BCUT2D eigenvalue weighted by molar-refractivity contribution is 0.586. The predicted octanol–water partition coefficient (Wildman–Crippen LogP) is 3.50. The van der Waals surface area contributed by atoms with Crippen LogP contribution >= 0.6 is 43.5 Å². The van der Waals surface area contributed by atoms with Gasteiger partial charge < -0.3 is 0 Å². The Bertz CT molecular complexity index is 464. The molecule has 0 aliphatic heterocycles. The maximum Gasteiger partial charge on any atom is 0.162 e. The zero-order valence-electron chi connectivity index (χ0n) is 7.49. The van der Waals surface area contributed by atoms with Crippen LogP contribution in [0.1, 0.15) is 5.56 Å². The average molecular weight is 351 g/mol. The fraction of sp³-hybridized carbons (Fsp3) is 0.111. The van der Waals surface area contributed by atoms with Crippen LogP contribution < -0.4 is 0 Å². The number of nitrogens with zero attached hydrogens (tertiary/aromatic N) is 3. The van der Waals surface area contributed by atoms with Gasteiger partial charge in [-0.1, -0.05) is 29.8 Å². The van der Waals surface area contributed by atoms with Crippen molar-refractivity contribution in [3.63, 3.8) is 0 Å². The molecule has 1 aromatic heterocycles. The predicted molar refractivity (Wildman–Crippen MR) is 66.0 cm³/mol. The summed E-state index contributed by atoms with van der Waals surface area (Å²) in [7, 11) is 0. The van der Waals surface area contributed by atoms with Crippen molar-refractivity contribution in [3.8, 4) is 0 Å². The number of halogens is 3. The summed E-state index contributed by atoms with van der Waals surface area (Å²) in [4.78, 5) is 1.58. The molecular weight excluding hydrogens is 345 g/mol. The summed E-state index contributed by atoms with van der Waals surface area (Å²) in [6, 6.07) is 7.64. The van der Waals surface area contributed by atoms with Gasteiger partial charge in [-0.15, -0.1) is 10.2 Å². The van der Waals surface area contributed by atoms with E-state index in [-0.39, 0.29) is 0 Å². The van der Waals surface area contributed by atoms with Gasteiger partial charge in [0.25, 0.3) is 0 Å². The van der Waals surface area contributed by atoms with Crippen LogP contribution in [0.4, 0.5) is 0 Å². The van der Waals surface area contributed by atoms with E-state index in [1.54, 1.807) is 4.80 Å². The van der Waals surface area contributed by atoms with E-state index in [0.717, 1.165) is 10.6 Å². The van der Waals surface area contributed by atoms with Gasteiger partial charge in [0.15, 0.2) is 9.21 Å². The summed E-state index contributed by atoms with van der Waals surface area (Å²) < 4.78 is 1.38. The maximum absolute atomic E-state index is 6.03. The fourth-order valence-corrected chi connectivity index (χ4v) is 1.88. The molecule has 0 radical (unpaired) electrons. The number of hydrogen-bond donors (Lipinski definition) is 0. The van der Waals surface area contributed by atoms with Gasteiger partial charge in [-0.25, -0.2) is 0 Å². The van der Waals surface area contributed by atoms with Crippen LogP contribution in [0.25, 0.3) is 0 Å². The standard InChI is InChI=1S/C9H6Br2ClN3/c10-8-9(11)14-15(13-8)5-6-3-1-2-4-7(6)12/h1-4H,5H2. The third-order valence-corrected chi connectivity index (χ3v) is 3.82.